The number of halogens is 1. The smallest absolute Gasteiger partial charge is 0.221 e. The fourth-order valence-electron chi connectivity index (χ4n) is 3.55. The number of H-pyrrole nitrogens is 1. The largest absolute Gasteiger partial charge is 0.494 e. The van der Waals surface area contributed by atoms with Crippen molar-refractivity contribution in [1.29, 1.82) is 0 Å². The molecule has 1 aromatic heterocycles. The first kappa shape index (κ1) is 18.0. The summed E-state index contributed by atoms with van der Waals surface area (Å²) in [7, 11) is 0. The number of carbonyl (C=O) groups excluding carboxylic acids is 1. The second kappa shape index (κ2) is 7.34. The molecule has 2 heterocycles. The van der Waals surface area contributed by atoms with E-state index in [0.29, 0.717) is 43.0 Å². The fourth-order valence-corrected chi connectivity index (χ4v) is 3.55. The first-order chi connectivity index (χ1) is 13.5. The summed E-state index contributed by atoms with van der Waals surface area (Å²) in [6.07, 6.45) is 1.89. The third kappa shape index (κ3) is 3.43. The molecule has 3 aromatic rings. The third-order valence-electron chi connectivity index (χ3n) is 4.98. The van der Waals surface area contributed by atoms with E-state index in [2.05, 4.69) is 15.3 Å². The topological polar surface area (TPSA) is 80.7 Å². The van der Waals surface area contributed by atoms with Gasteiger partial charge in [-0.25, -0.2) is 4.39 Å². The number of benzene rings is 2. The van der Waals surface area contributed by atoms with Crippen LogP contribution in [0.2, 0.25) is 0 Å². The minimum atomic E-state index is -0.386. The van der Waals surface area contributed by atoms with Crippen LogP contribution in [0.4, 0.5) is 15.8 Å². The lowest BCUT2D eigenvalue weighted by atomic mass is 10.1. The molecule has 0 saturated carbocycles. The second-order valence-corrected chi connectivity index (χ2v) is 6.87. The van der Waals surface area contributed by atoms with Gasteiger partial charge in [0.25, 0.3) is 0 Å². The zero-order valence-corrected chi connectivity index (χ0v) is 15.5. The molecule has 1 aliphatic heterocycles. The Morgan fingerprint density at radius 3 is 2.93 bits per heavy atom. The van der Waals surface area contributed by atoms with Crippen molar-refractivity contribution >= 4 is 34.4 Å². The minimum absolute atomic E-state index is 0.0158. The molecule has 0 unspecified atom stereocenters. The number of carbonyl (C=O) groups is 1. The summed E-state index contributed by atoms with van der Waals surface area (Å²) in [6.45, 7) is 3.50. The average molecular weight is 380 g/mol. The van der Waals surface area contributed by atoms with Crippen molar-refractivity contribution in [3.8, 4) is 5.88 Å². The molecule has 2 aromatic carbocycles. The molecule has 28 heavy (non-hydrogen) atoms. The Hall–Kier alpha value is -3.35. The molecule has 1 aliphatic rings. The Bertz CT molecular complexity index is 1070. The Kier molecular flexibility index (Phi) is 4.73. The molecule has 4 rings (SSSR count). The van der Waals surface area contributed by atoms with Gasteiger partial charge in [-0.1, -0.05) is 12.1 Å². The molecule has 3 N–H and O–H groups in total. The number of nitrogens with one attached hydrogen (secondary N) is 2. The van der Waals surface area contributed by atoms with E-state index in [4.69, 9.17) is 0 Å². The summed E-state index contributed by atoms with van der Waals surface area (Å²) in [4.78, 5) is 20.6. The maximum absolute atomic E-state index is 14.7. The van der Waals surface area contributed by atoms with Crippen LogP contribution in [0.5, 0.6) is 5.88 Å². The molecule has 0 spiro atoms. The van der Waals surface area contributed by atoms with Crippen molar-refractivity contribution in [2.24, 2.45) is 4.99 Å². The number of amides is 1. The van der Waals surface area contributed by atoms with Gasteiger partial charge in [0.15, 0.2) is 5.88 Å². The van der Waals surface area contributed by atoms with Crippen LogP contribution in [0.1, 0.15) is 17.5 Å². The van der Waals surface area contributed by atoms with Gasteiger partial charge < -0.3 is 20.3 Å². The lowest BCUT2D eigenvalue weighted by molar-refractivity contribution is -0.120. The van der Waals surface area contributed by atoms with Crippen molar-refractivity contribution < 1.29 is 14.3 Å². The molecule has 1 fully saturated rings. The number of aliphatic imine (C=N–C) groups is 1. The normalized spacial score (nSPS) is 15.2. The molecular formula is C21H21FN4O2. The van der Waals surface area contributed by atoms with E-state index in [-0.39, 0.29) is 17.6 Å². The summed E-state index contributed by atoms with van der Waals surface area (Å²) in [5.41, 5.74) is 3.33. The first-order valence-corrected chi connectivity index (χ1v) is 9.18. The molecule has 1 saturated heterocycles. The van der Waals surface area contributed by atoms with Crippen LogP contribution in [-0.4, -0.2) is 41.8 Å². The van der Waals surface area contributed by atoms with Gasteiger partial charge in [-0.3, -0.25) is 9.79 Å². The summed E-state index contributed by atoms with van der Waals surface area (Å²) < 4.78 is 14.7. The van der Waals surface area contributed by atoms with Crippen molar-refractivity contribution in [3.63, 3.8) is 0 Å². The summed E-state index contributed by atoms with van der Waals surface area (Å²) in [5.74, 6) is -0.367. The third-order valence-corrected chi connectivity index (χ3v) is 4.98. The lowest BCUT2D eigenvalue weighted by Crippen LogP contribution is -2.28. The summed E-state index contributed by atoms with van der Waals surface area (Å²) >= 11 is 0. The zero-order chi connectivity index (χ0) is 19.7. The van der Waals surface area contributed by atoms with Crippen molar-refractivity contribution in [1.82, 2.24) is 10.3 Å². The standard InChI is InChI=1S/C21H21FN4O2/c1-13-3-2-4-17-20(13)15(21(28)25-17)12-24-14-5-6-18(16(22)11-14)26-9-7-19(27)23-8-10-26/h2-6,11-12,25,28H,7-10H2,1H3,(H,23,27). The number of anilines is 1. The monoisotopic (exact) mass is 380 g/mol. The molecule has 0 atom stereocenters. The van der Waals surface area contributed by atoms with Gasteiger partial charge in [0, 0.05) is 49.2 Å². The Balaban J connectivity index is 1.60. The molecule has 1 amide bonds. The average Bonchev–Trinajstić information content (AvgIpc) is 2.84. The lowest BCUT2D eigenvalue weighted by Gasteiger charge is -2.22. The van der Waals surface area contributed by atoms with Crippen LogP contribution in [0, 0.1) is 12.7 Å². The predicted octanol–water partition coefficient (Wildman–Crippen LogP) is 3.40. The highest BCUT2D eigenvalue weighted by Crippen LogP contribution is 2.30. The number of aromatic nitrogens is 1. The van der Waals surface area contributed by atoms with Gasteiger partial charge in [0.05, 0.1) is 16.9 Å². The van der Waals surface area contributed by atoms with Gasteiger partial charge >= 0.3 is 0 Å². The number of aromatic amines is 1. The van der Waals surface area contributed by atoms with Gasteiger partial charge in [0.2, 0.25) is 5.91 Å². The molecule has 144 valence electrons. The second-order valence-electron chi connectivity index (χ2n) is 6.87. The van der Waals surface area contributed by atoms with Crippen LogP contribution in [-0.2, 0) is 4.79 Å². The minimum Gasteiger partial charge on any atom is -0.494 e. The van der Waals surface area contributed by atoms with E-state index in [1.165, 1.54) is 6.07 Å². The Morgan fingerprint density at radius 2 is 2.11 bits per heavy atom. The number of nitrogens with zero attached hydrogens (tertiary/aromatic N) is 2. The number of hydrogen-bond acceptors (Lipinski definition) is 4. The maximum Gasteiger partial charge on any atom is 0.221 e. The molecular weight excluding hydrogens is 359 g/mol. The molecule has 7 heteroatoms. The van der Waals surface area contributed by atoms with E-state index in [0.717, 1.165) is 16.5 Å². The van der Waals surface area contributed by atoms with Crippen LogP contribution in [0.25, 0.3) is 10.9 Å². The van der Waals surface area contributed by atoms with Gasteiger partial charge in [-0.15, -0.1) is 0 Å². The van der Waals surface area contributed by atoms with Crippen LogP contribution in [0.3, 0.4) is 0 Å². The van der Waals surface area contributed by atoms with Crippen LogP contribution >= 0.6 is 0 Å². The van der Waals surface area contributed by atoms with Crippen molar-refractivity contribution in [2.45, 2.75) is 13.3 Å². The maximum atomic E-state index is 14.7. The van der Waals surface area contributed by atoms with Crippen molar-refractivity contribution in [2.75, 3.05) is 24.5 Å². The van der Waals surface area contributed by atoms with Gasteiger partial charge in [-0.2, -0.15) is 0 Å². The number of aromatic hydroxyl groups is 1. The number of hydrogen-bond donors (Lipinski definition) is 3. The number of fused-ring (bicyclic) bond motifs is 1. The molecule has 0 aliphatic carbocycles. The van der Waals surface area contributed by atoms with Crippen molar-refractivity contribution in [3.05, 3.63) is 53.3 Å². The SMILES string of the molecule is Cc1cccc2[nH]c(O)c(C=Nc3ccc(N4CCNC(=O)CC4)c(F)c3)c12. The Morgan fingerprint density at radius 1 is 1.25 bits per heavy atom. The highest BCUT2D eigenvalue weighted by molar-refractivity contribution is 6.04. The number of aryl methyl sites for hydroxylation is 1. The van der Waals surface area contributed by atoms with Crippen LogP contribution in [0.15, 0.2) is 41.4 Å². The zero-order valence-electron chi connectivity index (χ0n) is 15.5. The predicted molar refractivity (Wildman–Crippen MR) is 108 cm³/mol. The molecule has 6 nitrogen and oxygen atoms in total. The van der Waals surface area contributed by atoms with E-state index in [9.17, 15) is 14.3 Å². The Labute approximate surface area is 161 Å². The van der Waals surface area contributed by atoms with E-state index in [1.54, 1.807) is 18.3 Å². The first-order valence-electron chi connectivity index (χ1n) is 9.18. The van der Waals surface area contributed by atoms with Gasteiger partial charge in [-0.05, 0) is 30.7 Å². The van der Waals surface area contributed by atoms with E-state index >= 15 is 0 Å². The number of rotatable bonds is 3. The van der Waals surface area contributed by atoms with E-state index in [1.807, 2.05) is 30.0 Å². The fraction of sp³-hybridized carbons (Fsp3) is 0.238. The van der Waals surface area contributed by atoms with Crippen LogP contribution < -0.4 is 10.2 Å². The highest BCUT2D eigenvalue weighted by atomic mass is 19.1. The quantitative estimate of drug-likeness (QED) is 0.609. The van der Waals surface area contributed by atoms with Gasteiger partial charge in [0.1, 0.15) is 5.82 Å². The summed E-state index contributed by atoms with van der Waals surface area (Å²) in [6, 6.07) is 10.5. The molecule has 0 bridgehead atoms. The summed E-state index contributed by atoms with van der Waals surface area (Å²) in [5, 5.41) is 13.9. The van der Waals surface area contributed by atoms with E-state index < -0.39 is 0 Å². The highest BCUT2D eigenvalue weighted by Gasteiger charge is 2.17. The molecule has 0 radical (unpaired) electrons.